The molecule has 0 fully saturated rings. The lowest BCUT2D eigenvalue weighted by Gasteiger charge is -2.10. The normalized spacial score (nSPS) is 10.8. The van der Waals surface area contributed by atoms with Gasteiger partial charge in [0, 0.05) is 11.1 Å². The first-order valence-electron chi connectivity index (χ1n) is 8.83. The molecule has 3 rings (SSSR count). The number of rotatable bonds is 6. The number of benzene rings is 3. The zero-order valence-electron chi connectivity index (χ0n) is 14.4. The lowest BCUT2D eigenvalue weighted by molar-refractivity contribution is 0.602. The van der Waals surface area contributed by atoms with E-state index in [9.17, 15) is 8.78 Å². The first-order valence-corrected chi connectivity index (χ1v) is 8.83. The van der Waals surface area contributed by atoms with Gasteiger partial charge >= 0.3 is 0 Å². The van der Waals surface area contributed by atoms with Crippen LogP contribution in [-0.4, -0.2) is 0 Å². The van der Waals surface area contributed by atoms with Gasteiger partial charge in [0.05, 0.1) is 0 Å². The molecule has 0 aromatic heterocycles. The van der Waals surface area contributed by atoms with Crippen LogP contribution in [0.1, 0.15) is 31.7 Å². The van der Waals surface area contributed by atoms with Crippen molar-refractivity contribution in [2.75, 3.05) is 0 Å². The van der Waals surface area contributed by atoms with Crippen molar-refractivity contribution in [3.63, 3.8) is 0 Å². The van der Waals surface area contributed by atoms with Gasteiger partial charge in [-0.2, -0.15) is 0 Å². The summed E-state index contributed by atoms with van der Waals surface area (Å²) in [6.07, 6.45) is 4.00. The average Bonchev–Trinajstić information content (AvgIpc) is 2.64. The first-order chi connectivity index (χ1) is 12.2. The molecule has 128 valence electrons. The van der Waals surface area contributed by atoms with Crippen LogP contribution in [0.15, 0.2) is 66.7 Å². The molecule has 0 atom stereocenters. The van der Waals surface area contributed by atoms with Crippen LogP contribution in [-0.2, 0) is 6.42 Å². The molecule has 0 amide bonds. The highest BCUT2D eigenvalue weighted by atomic mass is 19.1. The maximum Gasteiger partial charge on any atom is 0.134 e. The number of aryl methyl sites for hydroxylation is 1. The van der Waals surface area contributed by atoms with Gasteiger partial charge < -0.3 is 0 Å². The van der Waals surface area contributed by atoms with Crippen LogP contribution in [0.3, 0.4) is 0 Å². The number of halogens is 2. The number of unbranched alkanes of at least 4 members (excludes halogenated alkanes) is 2. The van der Waals surface area contributed by atoms with Crippen molar-refractivity contribution in [1.29, 1.82) is 0 Å². The molecular weight excluding hydrogens is 314 g/mol. The Morgan fingerprint density at radius 3 is 2.00 bits per heavy atom. The van der Waals surface area contributed by atoms with Gasteiger partial charge in [0.2, 0.25) is 0 Å². The maximum absolute atomic E-state index is 14.8. The molecule has 25 heavy (non-hydrogen) atoms. The van der Waals surface area contributed by atoms with Gasteiger partial charge in [-0.15, -0.1) is 0 Å². The van der Waals surface area contributed by atoms with E-state index in [4.69, 9.17) is 0 Å². The highest BCUT2D eigenvalue weighted by Gasteiger charge is 2.10. The second-order valence-corrected chi connectivity index (χ2v) is 6.29. The van der Waals surface area contributed by atoms with E-state index in [1.165, 1.54) is 6.07 Å². The van der Waals surface area contributed by atoms with Crippen molar-refractivity contribution in [1.82, 2.24) is 0 Å². The van der Waals surface area contributed by atoms with Gasteiger partial charge in [-0.1, -0.05) is 80.4 Å². The minimum Gasteiger partial charge on any atom is -0.206 e. The molecule has 0 saturated carbocycles. The average molecular weight is 336 g/mol. The van der Waals surface area contributed by atoms with Crippen LogP contribution in [0.4, 0.5) is 8.78 Å². The molecule has 2 heteroatoms. The second kappa shape index (κ2) is 8.06. The highest BCUT2D eigenvalue weighted by molar-refractivity contribution is 5.71. The van der Waals surface area contributed by atoms with E-state index in [0.29, 0.717) is 11.1 Å². The maximum atomic E-state index is 14.8. The van der Waals surface area contributed by atoms with Crippen LogP contribution in [0.2, 0.25) is 0 Å². The lowest BCUT2D eigenvalue weighted by atomic mass is 9.97. The third kappa shape index (κ3) is 3.96. The predicted molar refractivity (Wildman–Crippen MR) is 100 cm³/mol. The summed E-state index contributed by atoms with van der Waals surface area (Å²) in [6.45, 7) is 2.14. The zero-order valence-corrected chi connectivity index (χ0v) is 14.4. The summed E-state index contributed by atoms with van der Waals surface area (Å²) in [5.74, 6) is -0.392. The van der Waals surface area contributed by atoms with Crippen molar-refractivity contribution in [3.05, 3.63) is 83.9 Å². The van der Waals surface area contributed by atoms with Gasteiger partial charge in [0.25, 0.3) is 0 Å². The van der Waals surface area contributed by atoms with Crippen LogP contribution < -0.4 is 0 Å². The predicted octanol–water partition coefficient (Wildman–Crippen LogP) is 7.03. The van der Waals surface area contributed by atoms with Crippen molar-refractivity contribution in [2.24, 2.45) is 0 Å². The van der Waals surface area contributed by atoms with Crippen molar-refractivity contribution >= 4 is 0 Å². The van der Waals surface area contributed by atoms with E-state index in [1.807, 2.05) is 42.5 Å². The third-order valence-corrected chi connectivity index (χ3v) is 4.51. The van der Waals surface area contributed by atoms with Crippen LogP contribution >= 0.6 is 0 Å². The smallest absolute Gasteiger partial charge is 0.134 e. The molecule has 0 unspecified atom stereocenters. The van der Waals surface area contributed by atoms with E-state index in [0.717, 1.165) is 42.4 Å². The summed E-state index contributed by atoms with van der Waals surface area (Å²) in [5.41, 5.74) is 3.54. The van der Waals surface area contributed by atoms with E-state index < -0.39 is 0 Å². The minimum absolute atomic E-state index is 0.141. The van der Waals surface area contributed by atoms with Crippen LogP contribution in [0.5, 0.6) is 0 Å². The molecule has 3 aromatic carbocycles. The van der Waals surface area contributed by atoms with E-state index in [1.54, 1.807) is 18.2 Å². The quantitative estimate of drug-likeness (QED) is 0.424. The van der Waals surface area contributed by atoms with Crippen molar-refractivity contribution in [3.8, 4) is 22.3 Å². The Morgan fingerprint density at radius 1 is 0.680 bits per heavy atom. The molecule has 0 aliphatic carbocycles. The van der Waals surface area contributed by atoms with Gasteiger partial charge in [0.1, 0.15) is 11.6 Å². The number of hydrogen-bond acceptors (Lipinski definition) is 0. The molecule has 0 spiro atoms. The fourth-order valence-corrected chi connectivity index (χ4v) is 3.09. The third-order valence-electron chi connectivity index (χ3n) is 4.51. The van der Waals surface area contributed by atoms with Gasteiger partial charge in [-0.05, 0) is 35.6 Å². The molecule has 0 saturated heterocycles. The summed E-state index contributed by atoms with van der Waals surface area (Å²) in [6, 6.07) is 19.7. The molecule has 0 bridgehead atoms. The number of hydrogen-bond donors (Lipinski definition) is 0. The van der Waals surface area contributed by atoms with Crippen LogP contribution in [0, 0.1) is 11.6 Å². The molecule has 0 nitrogen and oxygen atoms in total. The lowest BCUT2D eigenvalue weighted by Crippen LogP contribution is -1.94. The Kier molecular flexibility index (Phi) is 5.60. The largest absolute Gasteiger partial charge is 0.206 e. The summed E-state index contributed by atoms with van der Waals surface area (Å²) < 4.78 is 28.7. The molecule has 0 aliphatic rings. The minimum atomic E-state index is -0.251. The topological polar surface area (TPSA) is 0 Å². The Labute approximate surface area is 148 Å². The molecule has 0 aliphatic heterocycles. The van der Waals surface area contributed by atoms with Crippen molar-refractivity contribution in [2.45, 2.75) is 32.6 Å². The van der Waals surface area contributed by atoms with Gasteiger partial charge in [-0.25, -0.2) is 8.78 Å². The summed E-state index contributed by atoms with van der Waals surface area (Å²) in [7, 11) is 0. The zero-order chi connectivity index (χ0) is 17.6. The van der Waals surface area contributed by atoms with Crippen LogP contribution in [0.25, 0.3) is 22.3 Å². The molecule has 3 aromatic rings. The molecule has 0 heterocycles. The van der Waals surface area contributed by atoms with Crippen molar-refractivity contribution < 1.29 is 8.78 Å². The molecule has 0 radical (unpaired) electrons. The van der Waals surface area contributed by atoms with Gasteiger partial charge in [-0.3, -0.25) is 0 Å². The SMILES string of the molecule is CCCCCc1cccc(-c2ccc(-c3ccccc3F)cc2)c1F. The second-order valence-electron chi connectivity index (χ2n) is 6.29. The Hall–Kier alpha value is -2.48. The fraction of sp³-hybridized carbons (Fsp3) is 0.217. The standard InChI is InChI=1S/C23H22F2/c1-2-3-4-8-19-9-7-11-21(23(19)25)18-15-13-17(14-16-18)20-10-5-6-12-22(20)24/h5-7,9-16H,2-4,8H2,1H3. The fourth-order valence-electron chi connectivity index (χ4n) is 3.09. The first kappa shape index (κ1) is 17.3. The Balaban J connectivity index is 1.88. The monoisotopic (exact) mass is 336 g/mol. The Morgan fingerprint density at radius 2 is 1.32 bits per heavy atom. The summed E-state index contributed by atoms with van der Waals surface area (Å²) in [5, 5.41) is 0. The van der Waals surface area contributed by atoms with E-state index in [2.05, 4.69) is 6.92 Å². The van der Waals surface area contributed by atoms with E-state index in [-0.39, 0.29) is 11.6 Å². The summed E-state index contributed by atoms with van der Waals surface area (Å²) in [4.78, 5) is 0. The molecular formula is C23H22F2. The highest BCUT2D eigenvalue weighted by Crippen LogP contribution is 2.29. The Bertz CT molecular complexity index is 835. The summed E-state index contributed by atoms with van der Waals surface area (Å²) >= 11 is 0. The van der Waals surface area contributed by atoms with E-state index >= 15 is 0 Å². The molecule has 0 N–H and O–H groups in total. The van der Waals surface area contributed by atoms with Gasteiger partial charge in [0.15, 0.2) is 0 Å².